The van der Waals surface area contributed by atoms with Crippen LogP contribution in [0.3, 0.4) is 0 Å². The first-order chi connectivity index (χ1) is 15.7. The van der Waals surface area contributed by atoms with E-state index in [1.165, 1.54) is 0 Å². The van der Waals surface area contributed by atoms with Gasteiger partial charge in [0.25, 0.3) is 0 Å². The Morgan fingerprint density at radius 1 is 0.758 bits per heavy atom. The molecule has 1 aliphatic heterocycles. The summed E-state index contributed by atoms with van der Waals surface area (Å²) in [5.74, 6) is -2.70. The zero-order chi connectivity index (χ0) is 24.2. The largest absolute Gasteiger partial charge is 0.481 e. The number of carboxylic acids is 3. The summed E-state index contributed by atoms with van der Waals surface area (Å²) in [6.07, 6.45) is -0.0187. The van der Waals surface area contributed by atoms with Crippen LogP contribution in [0.4, 0.5) is 0 Å². The summed E-state index contributed by atoms with van der Waals surface area (Å²) in [6.45, 7) is 6.97. The van der Waals surface area contributed by atoms with Gasteiger partial charge < -0.3 is 20.2 Å². The van der Waals surface area contributed by atoms with Gasteiger partial charge in [0.15, 0.2) is 0 Å². The number of aliphatic carboxylic acids is 3. The molecule has 0 bridgehead atoms. The van der Waals surface area contributed by atoms with E-state index in [1.807, 2.05) is 39.8 Å². The summed E-state index contributed by atoms with van der Waals surface area (Å²) in [5.41, 5.74) is 1.83. The maximum atomic E-state index is 11.4. The maximum Gasteiger partial charge on any atom is 0.317 e. The molecule has 2 heterocycles. The van der Waals surface area contributed by atoms with Crippen molar-refractivity contribution in [3.63, 3.8) is 0 Å². The molecule has 0 atom stereocenters. The smallest absolute Gasteiger partial charge is 0.317 e. The Morgan fingerprint density at radius 3 is 1.70 bits per heavy atom. The fourth-order valence-corrected chi connectivity index (χ4v) is 3.83. The third kappa shape index (κ3) is 11.2. The van der Waals surface area contributed by atoms with Crippen molar-refractivity contribution in [2.24, 2.45) is 0 Å². The highest BCUT2D eigenvalue weighted by molar-refractivity contribution is 5.69. The van der Waals surface area contributed by atoms with Crippen LogP contribution in [0.5, 0.6) is 0 Å². The first kappa shape index (κ1) is 26.7. The molecule has 0 aromatic carbocycles. The van der Waals surface area contributed by atoms with Crippen LogP contribution in [0.2, 0.25) is 0 Å². The molecular weight excluding hydrogens is 430 g/mol. The van der Waals surface area contributed by atoms with E-state index in [2.05, 4.69) is 9.88 Å². The van der Waals surface area contributed by atoms with E-state index < -0.39 is 17.9 Å². The zero-order valence-corrected chi connectivity index (χ0v) is 19.2. The van der Waals surface area contributed by atoms with Crippen molar-refractivity contribution in [3.05, 3.63) is 29.6 Å². The van der Waals surface area contributed by atoms with Gasteiger partial charge in [-0.15, -0.1) is 0 Å². The normalized spacial score (nSPS) is 18.3. The van der Waals surface area contributed by atoms with Crippen molar-refractivity contribution in [1.29, 1.82) is 0 Å². The first-order valence-corrected chi connectivity index (χ1v) is 11.2. The number of nitrogens with zero attached hydrogens (tertiary/aromatic N) is 5. The molecule has 0 saturated carbocycles. The molecule has 1 aromatic heterocycles. The molecule has 184 valence electrons. The van der Waals surface area contributed by atoms with Gasteiger partial charge in [-0.2, -0.15) is 0 Å². The lowest BCUT2D eigenvalue weighted by atomic mass is 10.2. The molecule has 1 aromatic rings. The predicted octanol–water partition coefficient (Wildman–Crippen LogP) is -0.244. The monoisotopic (exact) mass is 465 g/mol. The number of aromatic nitrogens is 1. The number of hydrogen-bond acceptors (Lipinski definition) is 8. The van der Waals surface area contributed by atoms with Crippen molar-refractivity contribution in [3.8, 4) is 0 Å². The summed E-state index contributed by atoms with van der Waals surface area (Å²) in [6, 6.07) is 5.83. The standard InChI is InChI=1S/C22H35N5O6/c1-18-3-2-4-19(23-18)15-25-11-13-26(16-21(30)31)9-7-24(6-5-20(28)29)8-10-27(14-12-25)17-22(32)33/h2-4H,5-17H2,1H3,(H,28,29)(H,30,31)(H,32,33). The second-order valence-corrected chi connectivity index (χ2v) is 8.37. The number of carbonyl (C=O) groups is 3. The third-order valence-corrected chi connectivity index (χ3v) is 5.62. The minimum atomic E-state index is -0.904. The van der Waals surface area contributed by atoms with Crippen molar-refractivity contribution >= 4 is 17.9 Å². The van der Waals surface area contributed by atoms with Gasteiger partial charge in [-0.05, 0) is 19.1 Å². The fourth-order valence-electron chi connectivity index (χ4n) is 3.83. The fraction of sp³-hybridized carbons (Fsp3) is 0.636. The van der Waals surface area contributed by atoms with Gasteiger partial charge in [0.2, 0.25) is 0 Å². The van der Waals surface area contributed by atoms with Crippen LogP contribution in [-0.2, 0) is 20.9 Å². The van der Waals surface area contributed by atoms with E-state index in [9.17, 15) is 24.6 Å². The molecule has 0 aliphatic carbocycles. The number of pyridine rings is 1. The quantitative estimate of drug-likeness (QED) is 0.445. The lowest BCUT2D eigenvalue weighted by molar-refractivity contribution is -0.139. The van der Waals surface area contributed by atoms with Crippen LogP contribution in [-0.4, -0.2) is 130 Å². The molecule has 3 N–H and O–H groups in total. The van der Waals surface area contributed by atoms with Gasteiger partial charge in [-0.3, -0.25) is 34.1 Å². The molecule has 0 radical (unpaired) electrons. The van der Waals surface area contributed by atoms with Gasteiger partial charge >= 0.3 is 17.9 Å². The number of hydrogen-bond donors (Lipinski definition) is 3. The molecule has 11 heteroatoms. The van der Waals surface area contributed by atoms with Crippen LogP contribution in [0.25, 0.3) is 0 Å². The van der Waals surface area contributed by atoms with E-state index in [-0.39, 0.29) is 19.5 Å². The lowest BCUT2D eigenvalue weighted by Gasteiger charge is -2.33. The van der Waals surface area contributed by atoms with Crippen molar-refractivity contribution in [2.45, 2.75) is 19.9 Å². The average Bonchev–Trinajstić information content (AvgIpc) is 2.72. The molecule has 33 heavy (non-hydrogen) atoms. The minimum Gasteiger partial charge on any atom is -0.481 e. The predicted molar refractivity (Wildman–Crippen MR) is 121 cm³/mol. The molecule has 1 saturated heterocycles. The molecule has 0 spiro atoms. The number of carboxylic acid groups (broad SMARTS) is 3. The second-order valence-electron chi connectivity index (χ2n) is 8.37. The molecular formula is C22H35N5O6. The van der Waals surface area contributed by atoms with Gasteiger partial charge in [-0.1, -0.05) is 6.07 Å². The van der Waals surface area contributed by atoms with Gasteiger partial charge in [0.05, 0.1) is 25.2 Å². The van der Waals surface area contributed by atoms with Crippen molar-refractivity contribution in [1.82, 2.24) is 24.6 Å². The molecule has 11 nitrogen and oxygen atoms in total. The van der Waals surface area contributed by atoms with Crippen LogP contribution >= 0.6 is 0 Å². The summed E-state index contributed by atoms with van der Waals surface area (Å²) in [5, 5.41) is 27.7. The Morgan fingerprint density at radius 2 is 1.24 bits per heavy atom. The van der Waals surface area contributed by atoms with Gasteiger partial charge in [0.1, 0.15) is 0 Å². The first-order valence-electron chi connectivity index (χ1n) is 11.2. The van der Waals surface area contributed by atoms with Crippen LogP contribution in [0.15, 0.2) is 18.2 Å². The number of rotatable bonds is 9. The highest BCUT2D eigenvalue weighted by atomic mass is 16.4. The van der Waals surface area contributed by atoms with Gasteiger partial charge in [-0.25, -0.2) is 0 Å². The van der Waals surface area contributed by atoms with Crippen LogP contribution in [0, 0.1) is 6.92 Å². The van der Waals surface area contributed by atoms with E-state index in [1.54, 1.807) is 0 Å². The summed E-state index contributed by atoms with van der Waals surface area (Å²) < 4.78 is 0. The van der Waals surface area contributed by atoms with E-state index >= 15 is 0 Å². The minimum absolute atomic E-state index is 0.0187. The topological polar surface area (TPSA) is 138 Å². The maximum absolute atomic E-state index is 11.4. The Kier molecular flexibility index (Phi) is 11.2. The van der Waals surface area contributed by atoms with E-state index in [0.29, 0.717) is 65.4 Å². The second kappa shape index (κ2) is 13.8. The highest BCUT2D eigenvalue weighted by Gasteiger charge is 2.19. The Bertz CT molecular complexity index is 760. The van der Waals surface area contributed by atoms with Gasteiger partial charge in [0, 0.05) is 71.1 Å². The SMILES string of the molecule is Cc1cccc(CN2CCN(CC(=O)O)CCN(CCC(=O)O)CCN(CC(=O)O)CC2)n1. The van der Waals surface area contributed by atoms with Crippen LogP contribution < -0.4 is 0 Å². The molecule has 1 fully saturated rings. The summed E-state index contributed by atoms with van der Waals surface area (Å²) >= 11 is 0. The Hall–Kier alpha value is -2.60. The van der Waals surface area contributed by atoms with Crippen LogP contribution in [0.1, 0.15) is 17.8 Å². The third-order valence-electron chi connectivity index (χ3n) is 5.62. The Balaban J connectivity index is 2.15. The van der Waals surface area contributed by atoms with E-state index in [0.717, 1.165) is 11.4 Å². The van der Waals surface area contributed by atoms with E-state index in [4.69, 9.17) is 5.11 Å². The highest BCUT2D eigenvalue weighted by Crippen LogP contribution is 2.07. The molecule has 1 aliphatic rings. The lowest BCUT2D eigenvalue weighted by Crippen LogP contribution is -2.47. The summed E-state index contributed by atoms with van der Waals surface area (Å²) in [7, 11) is 0. The summed E-state index contributed by atoms with van der Waals surface area (Å²) in [4.78, 5) is 46.2. The molecule has 0 amide bonds. The van der Waals surface area contributed by atoms with Crippen molar-refractivity contribution in [2.75, 3.05) is 72.0 Å². The molecule has 2 rings (SSSR count). The number of aryl methyl sites for hydroxylation is 1. The zero-order valence-electron chi connectivity index (χ0n) is 19.2. The molecule has 0 unspecified atom stereocenters. The Labute approximate surface area is 194 Å². The average molecular weight is 466 g/mol. The van der Waals surface area contributed by atoms with Crippen molar-refractivity contribution < 1.29 is 29.7 Å².